The first-order valence-corrected chi connectivity index (χ1v) is 5.12. The van der Waals surface area contributed by atoms with Gasteiger partial charge >= 0.3 is 6.29 Å². The topological polar surface area (TPSA) is 11.3 Å². The second-order valence-electron chi connectivity index (χ2n) is 3.34. The second-order valence-corrected chi connectivity index (χ2v) is 3.34. The van der Waals surface area contributed by atoms with E-state index in [1.165, 1.54) is 0 Å². The van der Waals surface area contributed by atoms with E-state index in [1.54, 1.807) is 6.29 Å². The Hall–Kier alpha value is -1.63. The van der Waals surface area contributed by atoms with Gasteiger partial charge in [-0.25, -0.2) is 0 Å². The summed E-state index contributed by atoms with van der Waals surface area (Å²) in [5.41, 5.74) is 1.08. The maximum atomic E-state index is 5.64. The summed E-state index contributed by atoms with van der Waals surface area (Å²) in [7, 11) is 0. The standard InChI is InChI=1S/C14H17O/c1-3-8-14(9-4-2)15-12-13-10-6-5-7-11-13/h3-7,10-12,14H,1-2,8-9H2/q+1. The van der Waals surface area contributed by atoms with E-state index in [2.05, 4.69) is 13.2 Å². The van der Waals surface area contributed by atoms with E-state index in [1.807, 2.05) is 42.5 Å². The van der Waals surface area contributed by atoms with Crippen LogP contribution in [0.2, 0.25) is 0 Å². The SMILES string of the molecule is C=CCC(CC=C)[O+]=Cc1ccccc1. The molecule has 1 aromatic carbocycles. The van der Waals surface area contributed by atoms with Crippen LogP contribution in [0.25, 0.3) is 0 Å². The third-order valence-electron chi connectivity index (χ3n) is 2.06. The fourth-order valence-electron chi connectivity index (χ4n) is 1.29. The summed E-state index contributed by atoms with van der Waals surface area (Å²) in [6.45, 7) is 7.42. The van der Waals surface area contributed by atoms with Crippen molar-refractivity contribution in [2.45, 2.75) is 18.9 Å². The van der Waals surface area contributed by atoms with Gasteiger partial charge in [-0.1, -0.05) is 30.4 Å². The first-order valence-electron chi connectivity index (χ1n) is 5.12. The summed E-state index contributed by atoms with van der Waals surface area (Å²) in [6, 6.07) is 10.00. The Balaban J connectivity index is 2.60. The summed E-state index contributed by atoms with van der Waals surface area (Å²) >= 11 is 0. The fourth-order valence-corrected chi connectivity index (χ4v) is 1.29. The van der Waals surface area contributed by atoms with E-state index in [4.69, 9.17) is 4.42 Å². The highest BCUT2D eigenvalue weighted by atomic mass is 16.4. The van der Waals surface area contributed by atoms with Gasteiger partial charge in [-0.05, 0) is 12.1 Å². The van der Waals surface area contributed by atoms with E-state index >= 15 is 0 Å². The van der Waals surface area contributed by atoms with Crippen LogP contribution >= 0.6 is 0 Å². The molecule has 0 amide bonds. The summed E-state index contributed by atoms with van der Waals surface area (Å²) in [6.07, 6.45) is 7.36. The molecule has 1 nitrogen and oxygen atoms in total. The molecule has 0 heterocycles. The quantitative estimate of drug-likeness (QED) is 0.379. The molecule has 0 saturated heterocycles. The number of aldehydes is 1. The van der Waals surface area contributed by atoms with Crippen molar-refractivity contribution in [3.8, 4) is 0 Å². The lowest BCUT2D eigenvalue weighted by Gasteiger charge is -1.95. The number of rotatable bonds is 6. The van der Waals surface area contributed by atoms with Crippen molar-refractivity contribution in [2.75, 3.05) is 0 Å². The summed E-state index contributed by atoms with van der Waals surface area (Å²) in [5.74, 6) is 0. The van der Waals surface area contributed by atoms with Gasteiger partial charge in [-0.15, -0.1) is 13.2 Å². The van der Waals surface area contributed by atoms with Crippen molar-refractivity contribution in [2.24, 2.45) is 0 Å². The van der Waals surface area contributed by atoms with Crippen LogP contribution in [-0.2, 0) is 0 Å². The van der Waals surface area contributed by atoms with Crippen LogP contribution in [0.5, 0.6) is 0 Å². The van der Waals surface area contributed by atoms with Gasteiger partial charge in [0, 0.05) is 0 Å². The lowest BCUT2D eigenvalue weighted by Crippen LogP contribution is -2.02. The average molecular weight is 201 g/mol. The molecule has 15 heavy (non-hydrogen) atoms. The minimum absolute atomic E-state index is 0.153. The van der Waals surface area contributed by atoms with Crippen LogP contribution in [0, 0.1) is 0 Å². The van der Waals surface area contributed by atoms with Gasteiger partial charge in [0.2, 0.25) is 0 Å². The minimum Gasteiger partial charge on any atom is -0.258 e. The first kappa shape index (κ1) is 11.4. The maximum Gasteiger partial charge on any atom is 0.316 e. The Morgan fingerprint density at radius 1 is 1.07 bits per heavy atom. The molecule has 0 aliphatic rings. The van der Waals surface area contributed by atoms with Crippen LogP contribution in [0.4, 0.5) is 0 Å². The predicted octanol–water partition coefficient (Wildman–Crippen LogP) is 3.56. The highest BCUT2D eigenvalue weighted by Crippen LogP contribution is 2.04. The zero-order chi connectivity index (χ0) is 10.9. The van der Waals surface area contributed by atoms with Crippen LogP contribution in [0.3, 0.4) is 0 Å². The Kier molecular flexibility index (Phi) is 5.16. The molecule has 0 aliphatic carbocycles. The zero-order valence-electron chi connectivity index (χ0n) is 8.93. The van der Waals surface area contributed by atoms with E-state index in [-0.39, 0.29) is 6.10 Å². The van der Waals surface area contributed by atoms with Crippen LogP contribution in [0.1, 0.15) is 22.8 Å². The average Bonchev–Trinajstić information content (AvgIpc) is 2.28. The number of hydrogen-bond acceptors (Lipinski definition) is 0. The number of benzene rings is 1. The first-order chi connectivity index (χ1) is 7.36. The highest BCUT2D eigenvalue weighted by Gasteiger charge is 2.11. The van der Waals surface area contributed by atoms with Gasteiger partial charge in [-0.3, -0.25) is 4.42 Å². The van der Waals surface area contributed by atoms with Crippen molar-refractivity contribution in [3.63, 3.8) is 0 Å². The third-order valence-corrected chi connectivity index (χ3v) is 2.06. The highest BCUT2D eigenvalue weighted by molar-refractivity contribution is 5.74. The van der Waals surface area contributed by atoms with E-state index in [9.17, 15) is 0 Å². The number of hydrogen-bond donors (Lipinski definition) is 0. The molecule has 0 radical (unpaired) electrons. The minimum atomic E-state index is 0.153. The largest absolute Gasteiger partial charge is 0.316 e. The van der Waals surface area contributed by atoms with Crippen molar-refractivity contribution < 1.29 is 4.42 Å². The van der Waals surface area contributed by atoms with Crippen LogP contribution < -0.4 is 0 Å². The molecule has 0 aromatic heterocycles. The monoisotopic (exact) mass is 201 g/mol. The lowest BCUT2D eigenvalue weighted by atomic mass is 10.2. The Labute approximate surface area is 91.5 Å². The molecular weight excluding hydrogens is 184 g/mol. The van der Waals surface area contributed by atoms with Crippen LogP contribution in [0.15, 0.2) is 55.6 Å². The zero-order valence-corrected chi connectivity index (χ0v) is 8.93. The smallest absolute Gasteiger partial charge is 0.258 e. The Morgan fingerprint density at radius 3 is 2.20 bits per heavy atom. The summed E-state index contributed by atoms with van der Waals surface area (Å²) in [4.78, 5) is 0. The molecule has 0 N–H and O–H groups in total. The lowest BCUT2D eigenvalue weighted by molar-refractivity contribution is -0.318. The Bertz CT molecular complexity index is 314. The van der Waals surface area contributed by atoms with Crippen molar-refractivity contribution in [1.82, 2.24) is 0 Å². The fraction of sp³-hybridized carbons (Fsp3) is 0.214. The molecule has 0 atom stereocenters. The molecule has 78 valence electrons. The van der Waals surface area contributed by atoms with Gasteiger partial charge in [0.25, 0.3) is 6.10 Å². The summed E-state index contributed by atoms with van der Waals surface area (Å²) in [5, 5.41) is 0. The molecule has 0 spiro atoms. The molecule has 0 saturated carbocycles. The molecule has 0 unspecified atom stereocenters. The number of carbonyl (C=O) groups excluding carboxylic acids is 1. The van der Waals surface area contributed by atoms with E-state index in [0.717, 1.165) is 18.4 Å². The van der Waals surface area contributed by atoms with Crippen molar-refractivity contribution in [3.05, 3.63) is 61.2 Å². The predicted molar refractivity (Wildman–Crippen MR) is 65.2 cm³/mol. The van der Waals surface area contributed by atoms with Crippen molar-refractivity contribution in [1.29, 1.82) is 0 Å². The van der Waals surface area contributed by atoms with Gasteiger partial charge in [0.1, 0.15) is 0 Å². The van der Waals surface area contributed by atoms with Crippen molar-refractivity contribution >= 4 is 6.29 Å². The van der Waals surface area contributed by atoms with Gasteiger partial charge in [-0.2, -0.15) is 0 Å². The molecule has 1 heteroatoms. The van der Waals surface area contributed by atoms with Gasteiger partial charge in [0.05, 0.1) is 18.4 Å². The maximum absolute atomic E-state index is 5.64. The molecule has 0 bridgehead atoms. The molecule has 0 aliphatic heterocycles. The van der Waals surface area contributed by atoms with Crippen LogP contribution in [-0.4, -0.2) is 12.4 Å². The van der Waals surface area contributed by atoms with Gasteiger partial charge < -0.3 is 0 Å². The normalized spacial score (nSPS) is 10.7. The second kappa shape index (κ2) is 6.77. The summed E-state index contributed by atoms with van der Waals surface area (Å²) < 4.78 is 5.64. The molecule has 1 aromatic rings. The Morgan fingerprint density at radius 2 is 1.67 bits per heavy atom. The molecule has 1 rings (SSSR count). The van der Waals surface area contributed by atoms with E-state index < -0.39 is 0 Å². The van der Waals surface area contributed by atoms with Gasteiger partial charge in [0.15, 0.2) is 0 Å². The third kappa shape index (κ3) is 4.41. The van der Waals surface area contributed by atoms with E-state index in [0.29, 0.717) is 0 Å². The molecule has 0 fully saturated rings. The molecular formula is C14H17O+.